The fourth-order valence-corrected chi connectivity index (χ4v) is 2.29. The number of hydrogen-bond donors (Lipinski definition) is 1. The largest absolute Gasteiger partial charge is 0.375 e. The molecule has 0 aliphatic carbocycles. The number of rotatable bonds is 2. The number of hydrogen-bond acceptors (Lipinski definition) is 4. The van der Waals surface area contributed by atoms with E-state index in [1.807, 2.05) is 26.0 Å². The molecule has 1 aromatic carbocycles. The molecule has 4 nitrogen and oxygen atoms in total. The molecule has 0 aliphatic heterocycles. The van der Waals surface area contributed by atoms with E-state index in [2.05, 4.69) is 4.98 Å². The van der Waals surface area contributed by atoms with Crippen LogP contribution in [0.25, 0.3) is 10.2 Å². The van der Waals surface area contributed by atoms with Crippen molar-refractivity contribution in [3.05, 3.63) is 23.8 Å². The molecule has 17 heavy (non-hydrogen) atoms. The number of anilines is 1. The zero-order valence-corrected chi connectivity index (χ0v) is 10.9. The summed E-state index contributed by atoms with van der Waals surface area (Å²) in [5.41, 5.74) is 7.16. The first-order chi connectivity index (χ1) is 7.99. The topological polar surface area (TPSA) is 59.2 Å². The van der Waals surface area contributed by atoms with Crippen LogP contribution in [-0.2, 0) is 0 Å². The number of carbonyl (C=O) groups is 1. The quantitative estimate of drug-likeness (QED) is 0.888. The second-order valence-electron chi connectivity index (χ2n) is 4.24. The van der Waals surface area contributed by atoms with Gasteiger partial charge < -0.3 is 10.6 Å². The number of nitrogen functional groups attached to an aromatic ring is 1. The maximum Gasteiger partial charge on any atom is 0.253 e. The molecular formula is C12H15N3OS. The minimum atomic E-state index is 0.0221. The van der Waals surface area contributed by atoms with Gasteiger partial charge in [0.15, 0.2) is 5.13 Å². The third kappa shape index (κ3) is 2.24. The van der Waals surface area contributed by atoms with E-state index in [1.165, 1.54) is 11.3 Å². The highest BCUT2D eigenvalue weighted by Crippen LogP contribution is 2.25. The van der Waals surface area contributed by atoms with Crippen LogP contribution in [0.5, 0.6) is 0 Å². The standard InChI is InChI=1S/C12H15N3OS/c1-7(2)15(3)11(16)8-4-5-9-10(6-8)17-12(13)14-9/h4-7H,1-3H3,(H2,13,14). The molecule has 0 spiro atoms. The molecule has 2 rings (SSSR count). The molecule has 0 saturated heterocycles. The summed E-state index contributed by atoms with van der Waals surface area (Å²) in [6.07, 6.45) is 0. The Balaban J connectivity index is 2.39. The van der Waals surface area contributed by atoms with E-state index in [9.17, 15) is 4.79 Å². The van der Waals surface area contributed by atoms with Gasteiger partial charge in [-0.1, -0.05) is 11.3 Å². The summed E-state index contributed by atoms with van der Waals surface area (Å²) in [4.78, 5) is 18.0. The van der Waals surface area contributed by atoms with Gasteiger partial charge >= 0.3 is 0 Å². The Morgan fingerprint density at radius 1 is 1.47 bits per heavy atom. The van der Waals surface area contributed by atoms with Gasteiger partial charge in [-0.3, -0.25) is 4.79 Å². The first kappa shape index (κ1) is 11.9. The molecule has 1 amide bonds. The number of amides is 1. The van der Waals surface area contributed by atoms with Crippen LogP contribution in [0.15, 0.2) is 18.2 Å². The van der Waals surface area contributed by atoms with Crippen molar-refractivity contribution >= 4 is 32.6 Å². The van der Waals surface area contributed by atoms with Gasteiger partial charge in [-0.05, 0) is 32.0 Å². The Morgan fingerprint density at radius 2 is 2.18 bits per heavy atom. The smallest absolute Gasteiger partial charge is 0.253 e. The van der Waals surface area contributed by atoms with Crippen molar-refractivity contribution in [3.63, 3.8) is 0 Å². The summed E-state index contributed by atoms with van der Waals surface area (Å²) in [7, 11) is 1.80. The van der Waals surface area contributed by atoms with Gasteiger partial charge in [0.05, 0.1) is 10.2 Å². The van der Waals surface area contributed by atoms with Crippen LogP contribution in [0.1, 0.15) is 24.2 Å². The van der Waals surface area contributed by atoms with Crippen LogP contribution in [-0.4, -0.2) is 28.9 Å². The van der Waals surface area contributed by atoms with E-state index in [0.717, 1.165) is 10.2 Å². The van der Waals surface area contributed by atoms with Crippen molar-refractivity contribution in [1.29, 1.82) is 0 Å². The van der Waals surface area contributed by atoms with Crippen LogP contribution < -0.4 is 5.73 Å². The lowest BCUT2D eigenvalue weighted by Crippen LogP contribution is -2.32. The molecule has 0 saturated carbocycles. The van der Waals surface area contributed by atoms with Crippen molar-refractivity contribution in [1.82, 2.24) is 9.88 Å². The van der Waals surface area contributed by atoms with E-state index in [1.54, 1.807) is 18.0 Å². The van der Waals surface area contributed by atoms with Gasteiger partial charge in [-0.15, -0.1) is 0 Å². The van der Waals surface area contributed by atoms with Gasteiger partial charge in [-0.25, -0.2) is 4.98 Å². The van der Waals surface area contributed by atoms with Crippen LogP contribution in [0, 0.1) is 0 Å². The lowest BCUT2D eigenvalue weighted by Gasteiger charge is -2.21. The molecule has 5 heteroatoms. The van der Waals surface area contributed by atoms with Gasteiger partial charge in [0.25, 0.3) is 5.91 Å². The van der Waals surface area contributed by atoms with E-state index >= 15 is 0 Å². The number of carbonyl (C=O) groups excluding carboxylic acids is 1. The normalized spacial score (nSPS) is 11.1. The van der Waals surface area contributed by atoms with E-state index in [4.69, 9.17) is 5.73 Å². The molecule has 0 bridgehead atoms. The molecule has 0 atom stereocenters. The monoisotopic (exact) mass is 249 g/mol. The van der Waals surface area contributed by atoms with E-state index in [-0.39, 0.29) is 11.9 Å². The maximum absolute atomic E-state index is 12.1. The number of nitrogens with zero attached hydrogens (tertiary/aromatic N) is 2. The molecule has 0 fully saturated rings. The Morgan fingerprint density at radius 3 is 2.82 bits per heavy atom. The predicted molar refractivity (Wildman–Crippen MR) is 71.3 cm³/mol. The fraction of sp³-hybridized carbons (Fsp3) is 0.333. The second kappa shape index (κ2) is 4.33. The molecular weight excluding hydrogens is 234 g/mol. The molecule has 0 radical (unpaired) electrons. The number of nitrogens with two attached hydrogens (primary N) is 1. The molecule has 1 aromatic heterocycles. The summed E-state index contributed by atoms with van der Waals surface area (Å²) in [5.74, 6) is 0.0221. The maximum atomic E-state index is 12.1. The third-order valence-corrected chi connectivity index (χ3v) is 3.59. The van der Waals surface area contributed by atoms with Crippen LogP contribution >= 0.6 is 11.3 Å². The zero-order chi connectivity index (χ0) is 12.6. The van der Waals surface area contributed by atoms with Gasteiger partial charge in [0, 0.05) is 18.7 Å². The fourth-order valence-electron chi connectivity index (χ4n) is 1.51. The average molecular weight is 249 g/mol. The average Bonchev–Trinajstić information content (AvgIpc) is 2.65. The highest BCUT2D eigenvalue weighted by Gasteiger charge is 2.15. The third-order valence-electron chi connectivity index (χ3n) is 2.75. The summed E-state index contributed by atoms with van der Waals surface area (Å²) in [6.45, 7) is 3.97. The minimum absolute atomic E-state index is 0.0221. The molecule has 0 aliphatic rings. The molecule has 1 heterocycles. The van der Waals surface area contributed by atoms with Crippen molar-refractivity contribution in [2.45, 2.75) is 19.9 Å². The summed E-state index contributed by atoms with van der Waals surface area (Å²) in [5, 5.41) is 0.529. The lowest BCUT2D eigenvalue weighted by atomic mass is 10.2. The Labute approximate surface area is 104 Å². The Hall–Kier alpha value is -1.62. The Bertz CT molecular complexity index is 562. The molecule has 2 N–H and O–H groups in total. The lowest BCUT2D eigenvalue weighted by molar-refractivity contribution is 0.0755. The van der Waals surface area contributed by atoms with Gasteiger partial charge in [0.1, 0.15) is 0 Å². The van der Waals surface area contributed by atoms with Gasteiger partial charge in [0.2, 0.25) is 0 Å². The molecule has 2 aromatic rings. The van der Waals surface area contributed by atoms with Gasteiger partial charge in [-0.2, -0.15) is 0 Å². The van der Waals surface area contributed by atoms with E-state index in [0.29, 0.717) is 10.7 Å². The number of thiazole rings is 1. The second-order valence-corrected chi connectivity index (χ2v) is 5.31. The van der Waals surface area contributed by atoms with Crippen molar-refractivity contribution in [3.8, 4) is 0 Å². The number of aromatic nitrogens is 1. The van der Waals surface area contributed by atoms with E-state index < -0.39 is 0 Å². The zero-order valence-electron chi connectivity index (χ0n) is 10.1. The summed E-state index contributed by atoms with van der Waals surface area (Å²) >= 11 is 1.40. The first-order valence-corrected chi connectivity index (χ1v) is 6.24. The minimum Gasteiger partial charge on any atom is -0.375 e. The first-order valence-electron chi connectivity index (χ1n) is 5.42. The number of benzene rings is 1. The predicted octanol–water partition coefficient (Wildman–Crippen LogP) is 2.36. The van der Waals surface area contributed by atoms with Crippen molar-refractivity contribution in [2.75, 3.05) is 12.8 Å². The Kier molecular flexibility index (Phi) is 3.02. The SMILES string of the molecule is CC(C)N(C)C(=O)c1ccc2nc(N)sc2c1. The van der Waals surface area contributed by atoms with Crippen LogP contribution in [0.3, 0.4) is 0 Å². The summed E-state index contributed by atoms with van der Waals surface area (Å²) < 4.78 is 0.950. The summed E-state index contributed by atoms with van der Waals surface area (Å²) in [6, 6.07) is 5.67. The highest BCUT2D eigenvalue weighted by atomic mass is 32.1. The van der Waals surface area contributed by atoms with Crippen LogP contribution in [0.2, 0.25) is 0 Å². The molecule has 90 valence electrons. The van der Waals surface area contributed by atoms with Crippen LogP contribution in [0.4, 0.5) is 5.13 Å². The van der Waals surface area contributed by atoms with Crippen molar-refractivity contribution in [2.24, 2.45) is 0 Å². The highest BCUT2D eigenvalue weighted by molar-refractivity contribution is 7.22. The van der Waals surface area contributed by atoms with Crippen molar-refractivity contribution < 1.29 is 4.79 Å². The number of fused-ring (bicyclic) bond motifs is 1. The molecule has 0 unspecified atom stereocenters.